The minimum Gasteiger partial charge on any atom is -0.328 e. The van der Waals surface area contributed by atoms with E-state index in [4.69, 9.17) is 16.6 Å². The molecule has 1 aliphatic heterocycles. The van der Waals surface area contributed by atoms with Crippen LogP contribution < -0.4 is 0 Å². The third kappa shape index (κ3) is 1.95. The highest BCUT2D eigenvalue weighted by atomic mass is 35.5. The first-order valence-corrected chi connectivity index (χ1v) is 6.85. The van der Waals surface area contributed by atoms with E-state index in [9.17, 15) is 0 Å². The Bertz CT molecular complexity index is 569. The number of benzene rings is 1. The van der Waals surface area contributed by atoms with Crippen LogP contribution in [0.4, 0.5) is 0 Å². The average Bonchev–Trinajstić information content (AvgIpc) is 2.66. The Morgan fingerprint density at radius 3 is 2.72 bits per heavy atom. The zero-order valence-electron chi connectivity index (χ0n) is 10.8. The molecule has 1 atom stereocenters. The lowest BCUT2D eigenvalue weighted by Gasteiger charge is -2.22. The minimum absolute atomic E-state index is 0.733. The number of imidazole rings is 1. The number of fused-ring (bicyclic) bond motifs is 1. The molecule has 0 spiro atoms. The van der Waals surface area contributed by atoms with E-state index in [2.05, 4.69) is 30.5 Å². The molecule has 2 aromatic rings. The second-order valence-electron chi connectivity index (χ2n) is 5.22. The standard InChI is InChI=1S/C15H17ClN2/c1-10-3-8-14-17-11(2)15(18(14)9-10)12-4-6-13(16)7-5-12/h4-7,10H,3,8-9H2,1-2H3. The number of hydrogen-bond acceptors (Lipinski definition) is 1. The Morgan fingerprint density at radius 2 is 2.00 bits per heavy atom. The monoisotopic (exact) mass is 260 g/mol. The number of aryl methyl sites for hydroxylation is 2. The van der Waals surface area contributed by atoms with Crippen molar-refractivity contribution in [2.24, 2.45) is 5.92 Å². The Morgan fingerprint density at radius 1 is 1.28 bits per heavy atom. The molecule has 1 aromatic heterocycles. The van der Waals surface area contributed by atoms with Gasteiger partial charge in [0.25, 0.3) is 0 Å². The van der Waals surface area contributed by atoms with E-state index >= 15 is 0 Å². The van der Waals surface area contributed by atoms with E-state index < -0.39 is 0 Å². The fraction of sp³-hybridized carbons (Fsp3) is 0.400. The fourth-order valence-electron chi connectivity index (χ4n) is 2.77. The molecule has 0 N–H and O–H groups in total. The first-order chi connectivity index (χ1) is 8.65. The molecule has 3 heteroatoms. The van der Waals surface area contributed by atoms with Crippen LogP contribution in [-0.2, 0) is 13.0 Å². The van der Waals surface area contributed by atoms with E-state index in [0.717, 1.165) is 29.6 Å². The second kappa shape index (κ2) is 4.43. The maximum atomic E-state index is 5.96. The van der Waals surface area contributed by atoms with Crippen LogP contribution in [0.3, 0.4) is 0 Å². The third-order valence-electron chi connectivity index (χ3n) is 3.69. The molecule has 2 nitrogen and oxygen atoms in total. The van der Waals surface area contributed by atoms with Gasteiger partial charge in [0.15, 0.2) is 0 Å². The van der Waals surface area contributed by atoms with Crippen LogP contribution in [0.2, 0.25) is 5.02 Å². The SMILES string of the molecule is Cc1nc2n(c1-c1ccc(Cl)cc1)CC(C)CC2. The van der Waals surface area contributed by atoms with Crippen LogP contribution in [-0.4, -0.2) is 9.55 Å². The highest BCUT2D eigenvalue weighted by Crippen LogP contribution is 2.30. The molecule has 0 fully saturated rings. The van der Waals surface area contributed by atoms with Crippen molar-refractivity contribution in [1.82, 2.24) is 9.55 Å². The minimum atomic E-state index is 0.733. The first kappa shape index (κ1) is 11.8. The number of nitrogens with zero attached hydrogens (tertiary/aromatic N) is 2. The molecule has 0 bridgehead atoms. The number of hydrogen-bond donors (Lipinski definition) is 0. The van der Waals surface area contributed by atoms with E-state index in [0.29, 0.717) is 0 Å². The molecule has 0 amide bonds. The Labute approximate surface area is 113 Å². The largest absolute Gasteiger partial charge is 0.328 e. The summed E-state index contributed by atoms with van der Waals surface area (Å²) in [7, 11) is 0. The average molecular weight is 261 g/mol. The Kier molecular flexibility index (Phi) is 2.90. The Balaban J connectivity index is 2.11. The lowest BCUT2D eigenvalue weighted by Crippen LogP contribution is -2.18. The lowest BCUT2D eigenvalue weighted by molar-refractivity contribution is 0.396. The zero-order valence-corrected chi connectivity index (χ0v) is 11.5. The molecule has 1 aromatic carbocycles. The van der Waals surface area contributed by atoms with Gasteiger partial charge in [0.1, 0.15) is 5.82 Å². The van der Waals surface area contributed by atoms with Crippen molar-refractivity contribution >= 4 is 11.6 Å². The van der Waals surface area contributed by atoms with Crippen molar-refractivity contribution in [3.05, 3.63) is 40.8 Å². The molecule has 0 saturated carbocycles. The molecule has 0 saturated heterocycles. The maximum Gasteiger partial charge on any atom is 0.109 e. The van der Waals surface area contributed by atoms with Gasteiger partial charge in [0, 0.05) is 23.6 Å². The van der Waals surface area contributed by atoms with Crippen LogP contribution in [0.15, 0.2) is 24.3 Å². The topological polar surface area (TPSA) is 17.8 Å². The van der Waals surface area contributed by atoms with Gasteiger partial charge in [-0.1, -0.05) is 30.7 Å². The van der Waals surface area contributed by atoms with Crippen molar-refractivity contribution in [1.29, 1.82) is 0 Å². The predicted molar refractivity (Wildman–Crippen MR) is 74.9 cm³/mol. The molecular weight excluding hydrogens is 244 g/mol. The first-order valence-electron chi connectivity index (χ1n) is 6.47. The van der Waals surface area contributed by atoms with Crippen molar-refractivity contribution in [3.8, 4) is 11.3 Å². The number of aromatic nitrogens is 2. The van der Waals surface area contributed by atoms with E-state index in [1.165, 1.54) is 23.5 Å². The smallest absolute Gasteiger partial charge is 0.109 e. The van der Waals surface area contributed by atoms with Crippen molar-refractivity contribution in [2.45, 2.75) is 33.2 Å². The number of rotatable bonds is 1. The van der Waals surface area contributed by atoms with Gasteiger partial charge in [-0.05, 0) is 31.4 Å². The summed E-state index contributed by atoms with van der Waals surface area (Å²) in [5, 5.41) is 0.781. The van der Waals surface area contributed by atoms with Crippen LogP contribution in [0.25, 0.3) is 11.3 Å². The maximum absolute atomic E-state index is 5.96. The van der Waals surface area contributed by atoms with Crippen LogP contribution in [0.5, 0.6) is 0 Å². The highest BCUT2D eigenvalue weighted by Gasteiger charge is 2.21. The molecule has 2 heterocycles. The summed E-state index contributed by atoms with van der Waals surface area (Å²) in [5.41, 5.74) is 3.60. The van der Waals surface area contributed by atoms with Crippen LogP contribution in [0, 0.1) is 12.8 Å². The van der Waals surface area contributed by atoms with Gasteiger partial charge in [0.05, 0.1) is 11.4 Å². The second-order valence-corrected chi connectivity index (χ2v) is 5.66. The van der Waals surface area contributed by atoms with E-state index in [-0.39, 0.29) is 0 Å². The van der Waals surface area contributed by atoms with Gasteiger partial charge in [-0.25, -0.2) is 4.98 Å². The summed E-state index contributed by atoms with van der Waals surface area (Å²) in [6, 6.07) is 8.06. The summed E-state index contributed by atoms with van der Waals surface area (Å²) in [6.07, 6.45) is 2.34. The molecule has 0 aliphatic carbocycles. The normalized spacial score (nSPS) is 18.7. The van der Waals surface area contributed by atoms with Crippen molar-refractivity contribution in [2.75, 3.05) is 0 Å². The summed E-state index contributed by atoms with van der Waals surface area (Å²) >= 11 is 5.96. The van der Waals surface area contributed by atoms with Gasteiger partial charge in [-0.2, -0.15) is 0 Å². The zero-order chi connectivity index (χ0) is 12.7. The van der Waals surface area contributed by atoms with Gasteiger partial charge in [-0.15, -0.1) is 0 Å². The summed E-state index contributed by atoms with van der Waals surface area (Å²) in [5.74, 6) is 1.97. The van der Waals surface area contributed by atoms with Crippen LogP contribution >= 0.6 is 11.6 Å². The van der Waals surface area contributed by atoms with Crippen LogP contribution in [0.1, 0.15) is 24.9 Å². The van der Waals surface area contributed by atoms with Gasteiger partial charge in [-0.3, -0.25) is 0 Å². The molecule has 94 valence electrons. The lowest BCUT2D eigenvalue weighted by atomic mass is 10.0. The molecular formula is C15H17ClN2. The molecule has 0 radical (unpaired) electrons. The summed E-state index contributed by atoms with van der Waals surface area (Å²) < 4.78 is 2.38. The molecule has 3 rings (SSSR count). The number of halogens is 1. The van der Waals surface area contributed by atoms with Gasteiger partial charge >= 0.3 is 0 Å². The third-order valence-corrected chi connectivity index (χ3v) is 3.95. The van der Waals surface area contributed by atoms with E-state index in [1.807, 2.05) is 12.1 Å². The summed E-state index contributed by atoms with van der Waals surface area (Å²) in [6.45, 7) is 5.48. The highest BCUT2D eigenvalue weighted by molar-refractivity contribution is 6.30. The fourth-order valence-corrected chi connectivity index (χ4v) is 2.90. The molecule has 18 heavy (non-hydrogen) atoms. The van der Waals surface area contributed by atoms with Crippen molar-refractivity contribution < 1.29 is 0 Å². The van der Waals surface area contributed by atoms with Gasteiger partial charge in [0.2, 0.25) is 0 Å². The van der Waals surface area contributed by atoms with E-state index in [1.54, 1.807) is 0 Å². The molecule has 1 aliphatic rings. The quantitative estimate of drug-likeness (QED) is 0.755. The summed E-state index contributed by atoms with van der Waals surface area (Å²) in [4.78, 5) is 4.71. The van der Waals surface area contributed by atoms with Gasteiger partial charge < -0.3 is 4.57 Å². The predicted octanol–water partition coefficient (Wildman–Crippen LogP) is 4.09. The van der Waals surface area contributed by atoms with Crippen molar-refractivity contribution in [3.63, 3.8) is 0 Å². The molecule has 1 unspecified atom stereocenters. The Hall–Kier alpha value is -1.28.